The molecule has 2 aromatic rings. The van der Waals surface area contributed by atoms with Crippen LogP contribution in [0.1, 0.15) is 18.5 Å². The molecule has 1 N–H and O–H groups in total. The maximum atomic E-state index is 9.04. The van der Waals surface area contributed by atoms with E-state index in [0.717, 1.165) is 12.8 Å². The molecule has 0 spiro atoms. The molecule has 1 fully saturated rings. The second kappa shape index (κ2) is 4.35. The van der Waals surface area contributed by atoms with E-state index in [-0.39, 0.29) is 5.69 Å². The van der Waals surface area contributed by atoms with E-state index in [1.807, 2.05) is 24.3 Å². The normalized spacial score (nSPS) is 14.2. The van der Waals surface area contributed by atoms with Gasteiger partial charge >= 0.3 is 0 Å². The second-order valence-corrected chi connectivity index (χ2v) is 4.61. The van der Waals surface area contributed by atoms with Crippen molar-refractivity contribution in [1.29, 1.82) is 5.26 Å². The molecule has 1 aliphatic carbocycles. The maximum Gasteiger partial charge on any atom is 0.232 e. The molecule has 1 aliphatic rings. The average molecular weight is 260 g/mol. The fourth-order valence-corrected chi connectivity index (χ4v) is 1.87. The Morgan fingerprint density at radius 2 is 2.17 bits per heavy atom. The Hall–Kier alpha value is -1.99. The molecule has 5 heteroatoms. The third-order valence-corrected chi connectivity index (χ3v) is 3.08. The van der Waals surface area contributed by atoms with Gasteiger partial charge in [0.1, 0.15) is 6.07 Å². The van der Waals surface area contributed by atoms with Gasteiger partial charge in [0.2, 0.25) is 17.5 Å². The first kappa shape index (κ1) is 11.1. The number of hydrogen-bond donors (Lipinski definition) is 1. The molecule has 0 unspecified atom stereocenters. The molecule has 4 nitrogen and oxygen atoms in total. The van der Waals surface area contributed by atoms with Crippen LogP contribution in [0.25, 0.3) is 11.5 Å². The van der Waals surface area contributed by atoms with E-state index in [2.05, 4.69) is 10.3 Å². The molecule has 1 saturated carbocycles. The Labute approximate surface area is 109 Å². The van der Waals surface area contributed by atoms with Gasteiger partial charge < -0.3 is 9.73 Å². The molecule has 1 aromatic carbocycles. The number of nitrogens with zero attached hydrogens (tertiary/aromatic N) is 2. The van der Waals surface area contributed by atoms with Crippen LogP contribution in [-0.2, 0) is 0 Å². The number of hydrogen-bond acceptors (Lipinski definition) is 4. The number of rotatable bonds is 3. The van der Waals surface area contributed by atoms with E-state index in [4.69, 9.17) is 21.3 Å². The Bertz CT molecular complexity index is 625. The van der Waals surface area contributed by atoms with Crippen molar-refractivity contribution in [2.75, 3.05) is 5.32 Å². The summed E-state index contributed by atoms with van der Waals surface area (Å²) in [6, 6.07) is 9.70. The van der Waals surface area contributed by atoms with Crippen molar-refractivity contribution in [3.8, 4) is 17.5 Å². The van der Waals surface area contributed by atoms with Crippen LogP contribution < -0.4 is 5.32 Å². The van der Waals surface area contributed by atoms with Crippen LogP contribution in [-0.4, -0.2) is 11.0 Å². The second-order valence-electron chi connectivity index (χ2n) is 4.21. The van der Waals surface area contributed by atoms with Gasteiger partial charge in [-0.05, 0) is 25.0 Å². The van der Waals surface area contributed by atoms with Gasteiger partial charge in [0.15, 0.2) is 0 Å². The van der Waals surface area contributed by atoms with Crippen LogP contribution in [0.15, 0.2) is 28.7 Å². The van der Waals surface area contributed by atoms with Gasteiger partial charge in [-0.1, -0.05) is 23.7 Å². The highest BCUT2D eigenvalue weighted by molar-refractivity contribution is 6.33. The number of anilines is 1. The van der Waals surface area contributed by atoms with Gasteiger partial charge in [-0.3, -0.25) is 0 Å². The predicted octanol–water partition coefficient (Wildman–Crippen LogP) is 3.44. The quantitative estimate of drug-likeness (QED) is 0.917. The first-order chi connectivity index (χ1) is 8.78. The molecule has 0 saturated heterocycles. The molecule has 1 aromatic heterocycles. The number of aromatic nitrogens is 1. The predicted molar refractivity (Wildman–Crippen MR) is 68.3 cm³/mol. The van der Waals surface area contributed by atoms with Crippen LogP contribution in [0.5, 0.6) is 0 Å². The summed E-state index contributed by atoms with van der Waals surface area (Å²) in [5.41, 5.74) is 0.969. The average Bonchev–Trinajstić information content (AvgIpc) is 3.09. The van der Waals surface area contributed by atoms with Crippen molar-refractivity contribution in [3.63, 3.8) is 0 Å². The molecular formula is C13H10ClN3O. The van der Waals surface area contributed by atoms with Gasteiger partial charge in [-0.15, -0.1) is 0 Å². The minimum absolute atomic E-state index is 0.275. The summed E-state index contributed by atoms with van der Waals surface area (Å²) in [6.45, 7) is 0. The fraction of sp³-hybridized carbons (Fsp3) is 0.231. The molecule has 0 bridgehead atoms. The smallest absolute Gasteiger partial charge is 0.232 e. The van der Waals surface area contributed by atoms with Crippen molar-refractivity contribution in [2.45, 2.75) is 18.9 Å². The van der Waals surface area contributed by atoms with Crippen LogP contribution in [0.2, 0.25) is 5.02 Å². The van der Waals surface area contributed by atoms with E-state index in [9.17, 15) is 0 Å². The molecular weight excluding hydrogens is 250 g/mol. The summed E-state index contributed by atoms with van der Waals surface area (Å²) < 4.78 is 5.59. The molecule has 90 valence electrons. The van der Waals surface area contributed by atoms with Crippen molar-refractivity contribution < 1.29 is 4.42 Å². The Morgan fingerprint density at radius 3 is 2.83 bits per heavy atom. The fourth-order valence-electron chi connectivity index (χ4n) is 1.66. The number of oxazole rings is 1. The van der Waals surface area contributed by atoms with E-state index in [1.165, 1.54) is 0 Å². The molecule has 0 amide bonds. The van der Waals surface area contributed by atoms with Gasteiger partial charge in [0.05, 0.1) is 10.6 Å². The standard InChI is InChI=1S/C13H10ClN3O/c14-10-4-2-1-3-9(10)12-17-11(7-15)13(18-12)16-8-5-6-8/h1-4,8,16H,5-6H2. The van der Waals surface area contributed by atoms with Crippen LogP contribution in [0.4, 0.5) is 5.88 Å². The Morgan fingerprint density at radius 1 is 1.39 bits per heavy atom. The highest BCUT2D eigenvalue weighted by Crippen LogP contribution is 2.32. The van der Waals surface area contributed by atoms with Gasteiger partial charge in [-0.25, -0.2) is 0 Å². The SMILES string of the molecule is N#Cc1nc(-c2ccccc2Cl)oc1NC1CC1. The number of halogens is 1. The highest BCUT2D eigenvalue weighted by atomic mass is 35.5. The Balaban J connectivity index is 2.00. The van der Waals surface area contributed by atoms with Gasteiger partial charge in [0, 0.05) is 6.04 Å². The highest BCUT2D eigenvalue weighted by Gasteiger charge is 2.25. The van der Waals surface area contributed by atoms with Gasteiger partial charge in [0.25, 0.3) is 0 Å². The van der Waals surface area contributed by atoms with Crippen molar-refractivity contribution in [2.24, 2.45) is 0 Å². The monoisotopic (exact) mass is 259 g/mol. The number of nitrogens with one attached hydrogen (secondary N) is 1. The van der Waals surface area contributed by atoms with Gasteiger partial charge in [-0.2, -0.15) is 10.2 Å². The summed E-state index contributed by atoms with van der Waals surface area (Å²) in [7, 11) is 0. The lowest BCUT2D eigenvalue weighted by atomic mass is 10.2. The number of benzene rings is 1. The molecule has 0 aliphatic heterocycles. The summed E-state index contributed by atoms with van der Waals surface area (Å²) >= 11 is 6.08. The Kier molecular flexibility index (Phi) is 2.69. The molecule has 0 radical (unpaired) electrons. The van der Waals surface area contributed by atoms with E-state index in [0.29, 0.717) is 28.4 Å². The molecule has 3 rings (SSSR count). The number of nitriles is 1. The minimum Gasteiger partial charge on any atom is -0.419 e. The first-order valence-corrected chi connectivity index (χ1v) is 6.08. The van der Waals surface area contributed by atoms with Crippen LogP contribution in [0, 0.1) is 11.3 Å². The molecule has 1 heterocycles. The summed E-state index contributed by atoms with van der Waals surface area (Å²) in [5.74, 6) is 0.815. The lowest BCUT2D eigenvalue weighted by Crippen LogP contribution is -2.00. The first-order valence-electron chi connectivity index (χ1n) is 5.70. The van der Waals surface area contributed by atoms with Crippen molar-refractivity contribution in [1.82, 2.24) is 4.98 Å². The zero-order chi connectivity index (χ0) is 12.5. The van der Waals surface area contributed by atoms with E-state index in [1.54, 1.807) is 6.07 Å². The zero-order valence-corrected chi connectivity index (χ0v) is 10.2. The van der Waals surface area contributed by atoms with Crippen molar-refractivity contribution >= 4 is 17.5 Å². The topological polar surface area (TPSA) is 61.9 Å². The lowest BCUT2D eigenvalue weighted by molar-refractivity contribution is 0.585. The zero-order valence-electron chi connectivity index (χ0n) is 9.48. The van der Waals surface area contributed by atoms with E-state index < -0.39 is 0 Å². The van der Waals surface area contributed by atoms with Crippen molar-refractivity contribution in [3.05, 3.63) is 35.0 Å². The lowest BCUT2D eigenvalue weighted by Gasteiger charge is -1.99. The van der Waals surface area contributed by atoms with Crippen LogP contribution >= 0.6 is 11.6 Å². The summed E-state index contributed by atoms with van der Waals surface area (Å²) in [6.07, 6.45) is 2.21. The molecule has 0 atom stereocenters. The third kappa shape index (κ3) is 2.05. The largest absolute Gasteiger partial charge is 0.419 e. The molecule has 18 heavy (non-hydrogen) atoms. The maximum absolute atomic E-state index is 9.04. The summed E-state index contributed by atoms with van der Waals surface area (Å²) in [5, 5.41) is 12.7. The van der Waals surface area contributed by atoms with Crippen LogP contribution in [0.3, 0.4) is 0 Å². The minimum atomic E-state index is 0.275. The third-order valence-electron chi connectivity index (χ3n) is 2.75. The van der Waals surface area contributed by atoms with E-state index >= 15 is 0 Å². The summed E-state index contributed by atoms with van der Waals surface area (Å²) in [4.78, 5) is 4.17.